The first-order chi connectivity index (χ1) is 11.8. The number of aryl methyl sites for hydroxylation is 1. The second-order valence-corrected chi connectivity index (χ2v) is 8.00. The van der Waals surface area contributed by atoms with Gasteiger partial charge in [-0.25, -0.2) is 12.7 Å². The molecule has 1 fully saturated rings. The summed E-state index contributed by atoms with van der Waals surface area (Å²) in [5.74, 6) is -1.24. The standard InChI is InChI=1S/C17H15ClN2O4S/c1-11-4-2-3-5-14(11)19-17(22)12-6-7-13(18)15(10-12)20-16(21)8-9-25(20,23)24/h2-7,10H,8-9H2,1H3,(H,19,22). The minimum absolute atomic E-state index is 0.00148. The third-order valence-corrected chi connectivity index (χ3v) is 5.90. The molecular formula is C17H15ClN2O4S. The largest absolute Gasteiger partial charge is 0.322 e. The van der Waals surface area contributed by atoms with Gasteiger partial charge in [0.05, 0.1) is 16.5 Å². The molecule has 0 unspecified atom stereocenters. The Morgan fingerprint density at radius 3 is 2.56 bits per heavy atom. The maximum Gasteiger partial charge on any atom is 0.255 e. The van der Waals surface area contributed by atoms with Crippen LogP contribution < -0.4 is 9.62 Å². The zero-order valence-corrected chi connectivity index (χ0v) is 14.9. The highest BCUT2D eigenvalue weighted by Gasteiger charge is 2.37. The Morgan fingerprint density at radius 2 is 1.92 bits per heavy atom. The third-order valence-electron chi connectivity index (χ3n) is 3.90. The molecule has 1 N–H and O–H groups in total. The maximum atomic E-state index is 12.5. The van der Waals surface area contributed by atoms with Gasteiger partial charge in [0.2, 0.25) is 15.9 Å². The van der Waals surface area contributed by atoms with Gasteiger partial charge in [-0.05, 0) is 36.8 Å². The lowest BCUT2D eigenvalue weighted by Gasteiger charge is -2.17. The lowest BCUT2D eigenvalue weighted by Crippen LogP contribution is -2.30. The Hall–Kier alpha value is -2.38. The molecule has 0 saturated carbocycles. The average molecular weight is 379 g/mol. The first-order valence-electron chi connectivity index (χ1n) is 7.52. The SMILES string of the molecule is Cc1ccccc1NC(=O)c1ccc(Cl)c(N2C(=O)CCS2(=O)=O)c1. The molecule has 25 heavy (non-hydrogen) atoms. The van der Waals surface area contributed by atoms with Crippen LogP contribution in [0, 0.1) is 6.92 Å². The Morgan fingerprint density at radius 1 is 1.20 bits per heavy atom. The number of halogens is 1. The summed E-state index contributed by atoms with van der Waals surface area (Å²) in [6, 6.07) is 11.5. The summed E-state index contributed by atoms with van der Waals surface area (Å²) in [6.45, 7) is 1.86. The molecule has 0 atom stereocenters. The second-order valence-electron chi connectivity index (χ2n) is 5.66. The molecule has 2 aromatic rings. The van der Waals surface area contributed by atoms with Gasteiger partial charge in [-0.15, -0.1) is 0 Å². The van der Waals surface area contributed by atoms with Crippen molar-refractivity contribution in [1.82, 2.24) is 0 Å². The van der Waals surface area contributed by atoms with Gasteiger partial charge in [-0.1, -0.05) is 29.8 Å². The third kappa shape index (κ3) is 3.38. The molecule has 1 aliphatic rings. The van der Waals surface area contributed by atoms with Gasteiger partial charge in [0.25, 0.3) is 5.91 Å². The predicted molar refractivity (Wildman–Crippen MR) is 96.5 cm³/mol. The number of sulfonamides is 1. The smallest absolute Gasteiger partial charge is 0.255 e. The van der Waals surface area contributed by atoms with Crippen molar-refractivity contribution in [3.05, 3.63) is 58.6 Å². The molecule has 130 valence electrons. The van der Waals surface area contributed by atoms with E-state index in [0.717, 1.165) is 5.56 Å². The average Bonchev–Trinajstić information content (AvgIpc) is 2.83. The van der Waals surface area contributed by atoms with Gasteiger partial charge < -0.3 is 5.32 Å². The van der Waals surface area contributed by atoms with Crippen molar-refractivity contribution in [3.8, 4) is 0 Å². The second kappa shape index (κ2) is 6.50. The topological polar surface area (TPSA) is 83.6 Å². The van der Waals surface area contributed by atoms with Crippen LogP contribution in [-0.2, 0) is 14.8 Å². The molecular weight excluding hydrogens is 364 g/mol. The number of hydrogen-bond acceptors (Lipinski definition) is 4. The molecule has 2 aromatic carbocycles. The first kappa shape index (κ1) is 17.4. The van der Waals surface area contributed by atoms with E-state index in [0.29, 0.717) is 9.99 Å². The first-order valence-corrected chi connectivity index (χ1v) is 9.51. The van der Waals surface area contributed by atoms with Crippen LogP contribution in [0.25, 0.3) is 0 Å². The van der Waals surface area contributed by atoms with Crippen molar-refractivity contribution in [3.63, 3.8) is 0 Å². The monoisotopic (exact) mass is 378 g/mol. The molecule has 2 amide bonds. The number of carbonyl (C=O) groups is 2. The van der Waals surface area contributed by atoms with Gasteiger partial charge in [0.15, 0.2) is 0 Å². The maximum absolute atomic E-state index is 12.5. The van der Waals surface area contributed by atoms with E-state index in [1.54, 1.807) is 12.1 Å². The zero-order chi connectivity index (χ0) is 18.2. The van der Waals surface area contributed by atoms with Gasteiger partial charge in [0, 0.05) is 17.7 Å². The van der Waals surface area contributed by atoms with Crippen molar-refractivity contribution >= 4 is 44.8 Å². The highest BCUT2D eigenvalue weighted by Crippen LogP contribution is 2.33. The van der Waals surface area contributed by atoms with Crippen LogP contribution in [0.5, 0.6) is 0 Å². The number of nitrogens with one attached hydrogen (secondary N) is 1. The van der Waals surface area contributed by atoms with Crippen LogP contribution in [0.1, 0.15) is 22.3 Å². The Bertz CT molecular complexity index is 972. The Kier molecular flexibility index (Phi) is 4.53. The fraction of sp³-hybridized carbons (Fsp3) is 0.176. The van der Waals surface area contributed by atoms with Crippen molar-refractivity contribution in [2.75, 3.05) is 15.4 Å². The molecule has 1 aliphatic heterocycles. The van der Waals surface area contributed by atoms with Crippen molar-refractivity contribution in [1.29, 1.82) is 0 Å². The lowest BCUT2D eigenvalue weighted by atomic mass is 10.1. The Balaban J connectivity index is 1.96. The molecule has 0 radical (unpaired) electrons. The van der Waals surface area contributed by atoms with Crippen LogP contribution >= 0.6 is 11.6 Å². The van der Waals surface area contributed by atoms with Crippen LogP contribution in [0.15, 0.2) is 42.5 Å². The number of benzene rings is 2. The number of hydrogen-bond donors (Lipinski definition) is 1. The van der Waals surface area contributed by atoms with Crippen LogP contribution in [0.2, 0.25) is 5.02 Å². The molecule has 0 aromatic heterocycles. The van der Waals surface area contributed by atoms with Gasteiger partial charge in [0.1, 0.15) is 0 Å². The normalized spacial score (nSPS) is 16.1. The number of rotatable bonds is 3. The van der Waals surface area contributed by atoms with Crippen molar-refractivity contribution in [2.24, 2.45) is 0 Å². The molecule has 1 saturated heterocycles. The van der Waals surface area contributed by atoms with E-state index in [1.807, 2.05) is 19.1 Å². The minimum atomic E-state index is -3.75. The molecule has 0 aliphatic carbocycles. The van der Waals surface area contributed by atoms with Crippen molar-refractivity contribution < 1.29 is 18.0 Å². The molecule has 8 heteroatoms. The summed E-state index contributed by atoms with van der Waals surface area (Å²) < 4.78 is 24.9. The van der Waals surface area contributed by atoms with E-state index in [2.05, 4.69) is 5.32 Å². The molecule has 3 rings (SSSR count). The quantitative estimate of drug-likeness (QED) is 0.889. The summed E-state index contributed by atoms with van der Waals surface area (Å²) in [6.07, 6.45) is -0.0989. The van der Waals surface area contributed by atoms with E-state index in [4.69, 9.17) is 11.6 Å². The van der Waals surface area contributed by atoms with E-state index in [-0.39, 0.29) is 28.4 Å². The fourth-order valence-electron chi connectivity index (χ4n) is 2.57. The van der Waals surface area contributed by atoms with Crippen LogP contribution in [0.4, 0.5) is 11.4 Å². The Labute approximate surface area is 150 Å². The summed E-state index contributed by atoms with van der Waals surface area (Å²) in [4.78, 5) is 24.4. The van der Waals surface area contributed by atoms with Gasteiger partial charge >= 0.3 is 0 Å². The molecule has 0 bridgehead atoms. The number of carbonyl (C=O) groups excluding carboxylic acids is 2. The van der Waals surface area contributed by atoms with Crippen molar-refractivity contribution in [2.45, 2.75) is 13.3 Å². The number of para-hydroxylation sites is 1. The molecule has 1 heterocycles. The van der Waals surface area contributed by atoms with E-state index < -0.39 is 21.8 Å². The summed E-state index contributed by atoms with van der Waals surface area (Å²) in [5.41, 5.74) is 1.75. The lowest BCUT2D eigenvalue weighted by molar-refractivity contribution is -0.116. The van der Waals surface area contributed by atoms with E-state index in [9.17, 15) is 18.0 Å². The van der Waals surface area contributed by atoms with Gasteiger partial charge in [-0.2, -0.15) is 0 Å². The molecule has 0 spiro atoms. The molecule has 6 nitrogen and oxygen atoms in total. The summed E-state index contributed by atoms with van der Waals surface area (Å²) in [5, 5.41) is 2.85. The minimum Gasteiger partial charge on any atom is -0.322 e. The number of amides is 2. The fourth-order valence-corrected chi connectivity index (χ4v) is 4.29. The van der Waals surface area contributed by atoms with Gasteiger partial charge in [-0.3, -0.25) is 9.59 Å². The number of anilines is 2. The van der Waals surface area contributed by atoms with Crippen LogP contribution in [0.3, 0.4) is 0 Å². The zero-order valence-electron chi connectivity index (χ0n) is 13.3. The summed E-state index contributed by atoms with van der Waals surface area (Å²) in [7, 11) is -3.75. The highest BCUT2D eigenvalue weighted by molar-refractivity contribution is 7.94. The van der Waals surface area contributed by atoms with E-state index >= 15 is 0 Å². The summed E-state index contributed by atoms with van der Waals surface area (Å²) >= 11 is 6.07. The van der Waals surface area contributed by atoms with E-state index in [1.165, 1.54) is 18.2 Å². The highest BCUT2D eigenvalue weighted by atomic mass is 35.5. The predicted octanol–water partition coefficient (Wildman–Crippen LogP) is 2.97. The number of nitrogens with zero attached hydrogens (tertiary/aromatic N) is 1. The van der Waals surface area contributed by atoms with Crippen LogP contribution in [-0.4, -0.2) is 26.0 Å².